The quantitative estimate of drug-likeness (QED) is 0.489. The summed E-state index contributed by atoms with van der Waals surface area (Å²) in [5, 5.41) is 0. The number of halogens is 3. The molecule has 0 radical (unpaired) electrons. The molecule has 1 nitrogen and oxygen atoms in total. The number of rotatable bonds is 3. The molecule has 0 bridgehead atoms. The van der Waals surface area contributed by atoms with Crippen LogP contribution in [0.5, 0.6) is 0 Å². The van der Waals surface area contributed by atoms with Crippen molar-refractivity contribution in [3.8, 4) is 0 Å². The molecule has 0 saturated heterocycles. The summed E-state index contributed by atoms with van der Waals surface area (Å²) in [5.74, 6) is 0. The van der Waals surface area contributed by atoms with E-state index in [9.17, 15) is 12.9 Å². The normalized spacial score (nSPS) is 18.3. The molecule has 1 aliphatic rings. The monoisotopic (exact) mass is 191 g/mol. The predicted molar refractivity (Wildman–Crippen MR) is 34.7 cm³/mol. The first-order chi connectivity index (χ1) is 4.49. The van der Waals surface area contributed by atoms with Gasteiger partial charge in [-0.3, -0.25) is 0 Å². The summed E-state index contributed by atoms with van der Waals surface area (Å²) in [5.41, 5.74) is 0. The maximum atomic E-state index is 11.7. The zero-order valence-corrected chi connectivity index (χ0v) is 9.98. The Morgan fingerprint density at radius 2 is 1.82 bits per heavy atom. The minimum atomic E-state index is -4.61. The third kappa shape index (κ3) is 5.65. The molecule has 1 fully saturated rings. The summed E-state index contributed by atoms with van der Waals surface area (Å²) in [6, 6.07) is 0.212. The van der Waals surface area contributed by atoms with Crippen molar-refractivity contribution in [2.75, 3.05) is 13.5 Å². The van der Waals surface area contributed by atoms with Crippen LogP contribution in [-0.4, -0.2) is 31.4 Å². The first-order valence-corrected chi connectivity index (χ1v) is 3.40. The molecule has 1 aliphatic carbocycles. The van der Waals surface area contributed by atoms with Crippen molar-refractivity contribution in [2.45, 2.75) is 18.9 Å². The van der Waals surface area contributed by atoms with E-state index in [1.54, 1.807) is 0 Å². The number of hydrogen-bond donors (Lipinski definition) is 0. The smallest absolute Gasteiger partial charge is 0.448 e. The van der Waals surface area contributed by atoms with Gasteiger partial charge in [0, 0.05) is 6.04 Å². The molecule has 11 heavy (non-hydrogen) atoms. The van der Waals surface area contributed by atoms with E-state index in [4.69, 9.17) is 0 Å². The van der Waals surface area contributed by atoms with Crippen LogP contribution in [0.3, 0.4) is 0 Å². The van der Waals surface area contributed by atoms with Crippen LogP contribution in [-0.2, 0) is 0 Å². The van der Waals surface area contributed by atoms with Gasteiger partial charge in [0.25, 0.3) is 0 Å². The van der Waals surface area contributed by atoms with Crippen LogP contribution < -0.4 is 51.4 Å². The molecule has 0 aromatic rings. The Balaban J connectivity index is 0.000001000. The third-order valence-corrected chi connectivity index (χ3v) is 1.67. The average molecular weight is 191 g/mol. The molecule has 0 aromatic heterocycles. The fraction of sp³-hybridized carbons (Fsp3) is 1.00. The molecule has 0 amide bonds. The van der Waals surface area contributed by atoms with E-state index >= 15 is 0 Å². The van der Waals surface area contributed by atoms with E-state index in [2.05, 4.69) is 0 Å². The van der Waals surface area contributed by atoms with E-state index < -0.39 is 13.4 Å². The molecular formula is C5H10BF3KN. The second-order valence-electron chi connectivity index (χ2n) is 2.88. The van der Waals surface area contributed by atoms with Gasteiger partial charge < -0.3 is 17.8 Å². The topological polar surface area (TPSA) is 3.24 Å². The maximum absolute atomic E-state index is 11.7. The minimum Gasteiger partial charge on any atom is -0.448 e. The first kappa shape index (κ1) is 12.5. The van der Waals surface area contributed by atoms with Gasteiger partial charge >= 0.3 is 58.4 Å². The van der Waals surface area contributed by atoms with Gasteiger partial charge in [0.05, 0.1) is 0 Å². The first-order valence-electron chi connectivity index (χ1n) is 3.40. The largest absolute Gasteiger partial charge is 1.00 e. The van der Waals surface area contributed by atoms with Gasteiger partial charge in [0.15, 0.2) is 0 Å². The van der Waals surface area contributed by atoms with Crippen molar-refractivity contribution in [3.63, 3.8) is 0 Å². The standard InChI is InChI=1S/C5H10BF3N.K/c1-10(5-2-3-5)4-6(7,8)9;/h5H,2-4H2,1H3;/q-1;+1. The zero-order chi connectivity index (χ0) is 7.78. The minimum absolute atomic E-state index is 0. The summed E-state index contributed by atoms with van der Waals surface area (Å²) in [6.07, 6.45) is 1.16. The van der Waals surface area contributed by atoms with Crippen molar-refractivity contribution in [3.05, 3.63) is 0 Å². The molecule has 0 aliphatic heterocycles. The van der Waals surface area contributed by atoms with Gasteiger partial charge in [-0.1, -0.05) is 0 Å². The van der Waals surface area contributed by atoms with Crippen molar-refractivity contribution in [2.24, 2.45) is 0 Å². The molecular weight excluding hydrogens is 181 g/mol. The summed E-state index contributed by atoms with van der Waals surface area (Å²) < 4.78 is 35.1. The maximum Gasteiger partial charge on any atom is 1.00 e. The third-order valence-electron chi connectivity index (χ3n) is 1.67. The van der Waals surface area contributed by atoms with Gasteiger partial charge in [-0.2, -0.15) is 0 Å². The molecule has 0 spiro atoms. The van der Waals surface area contributed by atoms with Crippen LogP contribution in [0, 0.1) is 0 Å². The molecule has 1 saturated carbocycles. The summed E-state index contributed by atoms with van der Waals surface area (Å²) in [6.45, 7) is -4.61. The van der Waals surface area contributed by atoms with E-state index in [0.29, 0.717) is 0 Å². The molecule has 0 aromatic carbocycles. The molecule has 6 heteroatoms. The van der Waals surface area contributed by atoms with Gasteiger partial charge in [-0.25, -0.2) is 0 Å². The summed E-state index contributed by atoms with van der Waals surface area (Å²) in [7, 11) is 1.53. The van der Waals surface area contributed by atoms with Gasteiger partial charge in [0.1, 0.15) is 0 Å². The molecule has 0 N–H and O–H groups in total. The number of hydrogen-bond acceptors (Lipinski definition) is 1. The molecule has 1 rings (SSSR count). The molecule has 60 valence electrons. The van der Waals surface area contributed by atoms with Crippen LogP contribution in [0.1, 0.15) is 12.8 Å². The van der Waals surface area contributed by atoms with E-state index in [-0.39, 0.29) is 57.4 Å². The Morgan fingerprint density at radius 3 is 2.09 bits per heavy atom. The van der Waals surface area contributed by atoms with E-state index in [0.717, 1.165) is 12.8 Å². The van der Waals surface area contributed by atoms with Gasteiger partial charge in [0.2, 0.25) is 0 Å². The zero-order valence-electron chi connectivity index (χ0n) is 6.86. The van der Waals surface area contributed by atoms with Crippen LogP contribution in [0.2, 0.25) is 0 Å². The van der Waals surface area contributed by atoms with Crippen LogP contribution >= 0.6 is 0 Å². The summed E-state index contributed by atoms with van der Waals surface area (Å²) in [4.78, 5) is 1.39. The SMILES string of the molecule is CN(C[B-](F)(F)F)C1CC1.[K+]. The fourth-order valence-electron chi connectivity index (χ4n) is 0.991. The van der Waals surface area contributed by atoms with Crippen molar-refractivity contribution >= 4 is 6.98 Å². The van der Waals surface area contributed by atoms with Crippen LogP contribution in [0.4, 0.5) is 12.9 Å². The number of nitrogens with zero attached hydrogens (tertiary/aromatic N) is 1. The Labute approximate surface area is 107 Å². The average Bonchev–Trinajstić information content (AvgIpc) is 2.35. The second kappa shape index (κ2) is 4.62. The van der Waals surface area contributed by atoms with Crippen molar-refractivity contribution in [1.29, 1.82) is 0 Å². The Morgan fingerprint density at radius 1 is 1.36 bits per heavy atom. The van der Waals surface area contributed by atoms with E-state index in [1.165, 1.54) is 11.9 Å². The van der Waals surface area contributed by atoms with E-state index in [1.807, 2.05) is 0 Å². The van der Waals surface area contributed by atoms with Gasteiger partial charge in [-0.05, 0) is 26.3 Å². The summed E-state index contributed by atoms with van der Waals surface area (Å²) >= 11 is 0. The molecule has 0 unspecified atom stereocenters. The molecule has 0 atom stereocenters. The Bertz CT molecular complexity index is 125. The van der Waals surface area contributed by atoms with Crippen molar-refractivity contribution in [1.82, 2.24) is 4.90 Å². The Hall–Kier alpha value is 1.45. The van der Waals surface area contributed by atoms with Crippen molar-refractivity contribution < 1.29 is 64.3 Å². The second-order valence-corrected chi connectivity index (χ2v) is 2.88. The van der Waals surface area contributed by atoms with Crippen LogP contribution in [0.15, 0.2) is 0 Å². The van der Waals surface area contributed by atoms with Crippen LogP contribution in [0.25, 0.3) is 0 Å². The Kier molecular flexibility index (Phi) is 5.23. The fourth-order valence-corrected chi connectivity index (χ4v) is 0.991. The van der Waals surface area contributed by atoms with Gasteiger partial charge in [-0.15, -0.1) is 0 Å². The molecule has 0 heterocycles. The predicted octanol–water partition coefficient (Wildman–Crippen LogP) is -1.53.